The second kappa shape index (κ2) is 8.19. The quantitative estimate of drug-likeness (QED) is 0.552. The highest BCUT2D eigenvalue weighted by molar-refractivity contribution is 7.98. The summed E-state index contributed by atoms with van der Waals surface area (Å²) in [5, 5.41) is 14.0. The van der Waals surface area contributed by atoms with Crippen molar-refractivity contribution < 1.29 is 9.90 Å². The largest absolute Gasteiger partial charge is 0.394 e. The Morgan fingerprint density at radius 2 is 2.31 bits per heavy atom. The van der Waals surface area contributed by atoms with Crippen molar-refractivity contribution in [3.8, 4) is 0 Å². The number of nitrogens with one attached hydrogen (secondary N) is 2. The lowest BCUT2D eigenvalue weighted by atomic mass is 10.4. The van der Waals surface area contributed by atoms with Crippen LogP contribution in [-0.2, 0) is 0 Å². The van der Waals surface area contributed by atoms with Crippen molar-refractivity contribution in [2.24, 2.45) is 0 Å². The van der Waals surface area contributed by atoms with Gasteiger partial charge in [-0.05, 0) is 25.4 Å². The zero-order valence-electron chi connectivity index (χ0n) is 8.17. The van der Waals surface area contributed by atoms with E-state index in [0.717, 1.165) is 12.2 Å². The third-order valence-corrected chi connectivity index (χ3v) is 2.16. The fraction of sp³-hybridized carbons (Fsp3) is 0.875. The molecule has 13 heavy (non-hydrogen) atoms. The molecule has 0 aromatic heterocycles. The summed E-state index contributed by atoms with van der Waals surface area (Å²) in [4.78, 5) is 11.0. The van der Waals surface area contributed by atoms with Gasteiger partial charge in [-0.1, -0.05) is 0 Å². The van der Waals surface area contributed by atoms with Crippen molar-refractivity contribution in [2.45, 2.75) is 19.4 Å². The Morgan fingerprint density at radius 1 is 1.62 bits per heavy atom. The van der Waals surface area contributed by atoms with E-state index in [1.807, 2.05) is 6.26 Å². The van der Waals surface area contributed by atoms with Crippen molar-refractivity contribution in [1.29, 1.82) is 0 Å². The van der Waals surface area contributed by atoms with Gasteiger partial charge in [-0.15, -0.1) is 0 Å². The maximum absolute atomic E-state index is 11.0. The van der Waals surface area contributed by atoms with Gasteiger partial charge >= 0.3 is 6.03 Å². The van der Waals surface area contributed by atoms with Crippen LogP contribution in [0.15, 0.2) is 0 Å². The molecule has 0 aliphatic rings. The highest BCUT2D eigenvalue weighted by Crippen LogP contribution is 1.93. The first-order valence-electron chi connectivity index (χ1n) is 4.35. The Morgan fingerprint density at radius 3 is 2.85 bits per heavy atom. The number of aliphatic hydroxyl groups is 1. The minimum absolute atomic E-state index is 0.0295. The number of amides is 2. The third-order valence-electron chi connectivity index (χ3n) is 1.46. The second-order valence-electron chi connectivity index (χ2n) is 2.83. The van der Waals surface area contributed by atoms with Gasteiger partial charge in [0.1, 0.15) is 0 Å². The predicted molar refractivity (Wildman–Crippen MR) is 56.1 cm³/mol. The lowest BCUT2D eigenvalue weighted by Crippen LogP contribution is -2.42. The van der Waals surface area contributed by atoms with Gasteiger partial charge in [0.25, 0.3) is 0 Å². The van der Waals surface area contributed by atoms with Crippen LogP contribution in [0.4, 0.5) is 4.79 Å². The molecule has 0 saturated heterocycles. The molecular weight excluding hydrogens is 188 g/mol. The van der Waals surface area contributed by atoms with Crippen molar-refractivity contribution in [1.82, 2.24) is 10.6 Å². The van der Waals surface area contributed by atoms with E-state index in [9.17, 15) is 4.79 Å². The van der Waals surface area contributed by atoms with Gasteiger partial charge in [0.2, 0.25) is 0 Å². The van der Waals surface area contributed by atoms with Gasteiger partial charge in [-0.3, -0.25) is 0 Å². The SMILES string of the molecule is CSCCCNC(=O)NC(C)CO. The number of aliphatic hydroxyl groups excluding tert-OH is 1. The third kappa shape index (κ3) is 7.93. The van der Waals surface area contributed by atoms with Crippen molar-refractivity contribution in [2.75, 3.05) is 25.2 Å². The monoisotopic (exact) mass is 206 g/mol. The number of hydrogen-bond acceptors (Lipinski definition) is 3. The van der Waals surface area contributed by atoms with Crippen LogP contribution in [0.25, 0.3) is 0 Å². The summed E-state index contributed by atoms with van der Waals surface area (Å²) in [6.07, 6.45) is 3.01. The summed E-state index contributed by atoms with van der Waals surface area (Å²) < 4.78 is 0. The van der Waals surface area contributed by atoms with Gasteiger partial charge in [-0.2, -0.15) is 11.8 Å². The molecule has 0 rings (SSSR count). The zero-order valence-corrected chi connectivity index (χ0v) is 8.99. The summed E-state index contributed by atoms with van der Waals surface area (Å²) in [7, 11) is 0. The molecule has 5 heteroatoms. The fourth-order valence-corrected chi connectivity index (χ4v) is 1.17. The van der Waals surface area contributed by atoms with Crippen LogP contribution in [0.5, 0.6) is 0 Å². The van der Waals surface area contributed by atoms with Crippen LogP contribution >= 0.6 is 11.8 Å². The number of carbonyl (C=O) groups excluding carboxylic acids is 1. The second-order valence-corrected chi connectivity index (χ2v) is 3.82. The molecule has 2 amide bonds. The van der Waals surface area contributed by atoms with Crippen LogP contribution in [0.1, 0.15) is 13.3 Å². The Kier molecular flexibility index (Phi) is 7.93. The normalized spacial score (nSPS) is 12.2. The van der Waals surface area contributed by atoms with Crippen LogP contribution in [0.3, 0.4) is 0 Å². The van der Waals surface area contributed by atoms with E-state index in [2.05, 4.69) is 10.6 Å². The molecule has 0 aromatic rings. The van der Waals surface area contributed by atoms with Crippen LogP contribution in [0, 0.1) is 0 Å². The lowest BCUT2D eigenvalue weighted by Gasteiger charge is -2.11. The molecular formula is C8H18N2O2S. The molecule has 0 aliphatic carbocycles. The van der Waals surface area contributed by atoms with E-state index in [4.69, 9.17) is 5.11 Å². The molecule has 0 saturated carbocycles. The molecule has 0 aromatic carbocycles. The minimum Gasteiger partial charge on any atom is -0.394 e. The van der Waals surface area contributed by atoms with Gasteiger partial charge in [0.05, 0.1) is 12.6 Å². The van der Waals surface area contributed by atoms with Crippen LogP contribution in [0.2, 0.25) is 0 Å². The summed E-state index contributed by atoms with van der Waals surface area (Å²) in [5.41, 5.74) is 0. The summed E-state index contributed by atoms with van der Waals surface area (Å²) >= 11 is 1.76. The van der Waals surface area contributed by atoms with Crippen molar-refractivity contribution in [3.05, 3.63) is 0 Å². The standard InChI is InChI=1S/C8H18N2O2S/c1-7(6-11)10-8(12)9-4-3-5-13-2/h7,11H,3-6H2,1-2H3,(H2,9,10,12). The van der Waals surface area contributed by atoms with Crippen LogP contribution in [-0.4, -0.2) is 42.3 Å². The predicted octanol–water partition coefficient (Wildman–Crippen LogP) is 0.420. The van der Waals surface area contributed by atoms with E-state index in [1.165, 1.54) is 0 Å². The summed E-state index contributed by atoms with van der Waals surface area (Å²) in [5.74, 6) is 1.05. The van der Waals surface area contributed by atoms with E-state index >= 15 is 0 Å². The number of thioether (sulfide) groups is 1. The molecule has 1 atom stereocenters. The molecule has 0 radical (unpaired) electrons. The number of hydrogen-bond donors (Lipinski definition) is 3. The molecule has 4 nitrogen and oxygen atoms in total. The van der Waals surface area contributed by atoms with Crippen LogP contribution < -0.4 is 10.6 Å². The molecule has 1 unspecified atom stereocenters. The first kappa shape index (κ1) is 12.6. The van der Waals surface area contributed by atoms with Gasteiger partial charge in [0, 0.05) is 6.54 Å². The Labute approximate surface area is 83.5 Å². The Hall–Kier alpha value is -0.420. The van der Waals surface area contributed by atoms with E-state index in [-0.39, 0.29) is 18.7 Å². The molecule has 0 spiro atoms. The van der Waals surface area contributed by atoms with E-state index < -0.39 is 0 Å². The van der Waals surface area contributed by atoms with Crippen molar-refractivity contribution in [3.63, 3.8) is 0 Å². The maximum atomic E-state index is 11.0. The highest BCUT2D eigenvalue weighted by atomic mass is 32.2. The van der Waals surface area contributed by atoms with Crippen molar-refractivity contribution >= 4 is 17.8 Å². The van der Waals surface area contributed by atoms with Gasteiger partial charge in [0.15, 0.2) is 0 Å². The fourth-order valence-electron chi connectivity index (χ4n) is 0.739. The molecule has 0 aliphatic heterocycles. The Balaban J connectivity index is 3.30. The lowest BCUT2D eigenvalue weighted by molar-refractivity contribution is 0.220. The maximum Gasteiger partial charge on any atom is 0.315 e. The van der Waals surface area contributed by atoms with Gasteiger partial charge < -0.3 is 15.7 Å². The summed E-state index contributed by atoms with van der Waals surface area (Å²) in [6, 6.07) is -0.386. The zero-order chi connectivity index (χ0) is 10.1. The number of carbonyl (C=O) groups is 1. The average molecular weight is 206 g/mol. The average Bonchev–Trinajstić information content (AvgIpc) is 2.12. The van der Waals surface area contributed by atoms with Gasteiger partial charge in [-0.25, -0.2) is 4.79 Å². The Bertz CT molecular complexity index is 144. The molecule has 3 N–H and O–H groups in total. The molecule has 0 heterocycles. The first-order valence-corrected chi connectivity index (χ1v) is 5.74. The number of rotatable bonds is 6. The minimum atomic E-state index is -0.206. The molecule has 0 fully saturated rings. The van der Waals surface area contributed by atoms with E-state index in [1.54, 1.807) is 18.7 Å². The first-order chi connectivity index (χ1) is 6.20. The number of urea groups is 1. The molecule has 78 valence electrons. The smallest absolute Gasteiger partial charge is 0.315 e. The van der Waals surface area contributed by atoms with E-state index in [0.29, 0.717) is 6.54 Å². The highest BCUT2D eigenvalue weighted by Gasteiger charge is 2.03. The topological polar surface area (TPSA) is 61.4 Å². The molecule has 0 bridgehead atoms. The summed E-state index contributed by atoms with van der Waals surface area (Å²) in [6.45, 7) is 2.41.